The SMILES string of the molecule is Cn1cnc2cc(NC(=O)C3Cc4ccc(Br)cc4C3)ccc21. The lowest BCUT2D eigenvalue weighted by atomic mass is 10.1. The van der Waals surface area contributed by atoms with Gasteiger partial charge in [-0.1, -0.05) is 22.0 Å². The van der Waals surface area contributed by atoms with E-state index in [1.165, 1.54) is 11.1 Å². The van der Waals surface area contributed by atoms with Crippen molar-refractivity contribution in [3.8, 4) is 0 Å². The molecular weight excluding hydrogens is 354 g/mol. The van der Waals surface area contributed by atoms with Crippen LogP contribution in [0.2, 0.25) is 0 Å². The second kappa shape index (κ2) is 5.49. The van der Waals surface area contributed by atoms with Gasteiger partial charge in [-0.05, 0) is 54.3 Å². The van der Waals surface area contributed by atoms with E-state index in [-0.39, 0.29) is 11.8 Å². The van der Waals surface area contributed by atoms with Gasteiger partial charge in [0, 0.05) is 23.1 Å². The highest BCUT2D eigenvalue weighted by molar-refractivity contribution is 9.10. The van der Waals surface area contributed by atoms with Crippen LogP contribution in [-0.2, 0) is 24.7 Å². The van der Waals surface area contributed by atoms with E-state index in [9.17, 15) is 4.79 Å². The monoisotopic (exact) mass is 369 g/mol. The number of aromatic nitrogens is 2. The molecule has 1 unspecified atom stereocenters. The molecule has 23 heavy (non-hydrogen) atoms. The highest BCUT2D eigenvalue weighted by Gasteiger charge is 2.27. The van der Waals surface area contributed by atoms with E-state index in [4.69, 9.17) is 0 Å². The van der Waals surface area contributed by atoms with E-state index in [2.05, 4.69) is 38.4 Å². The summed E-state index contributed by atoms with van der Waals surface area (Å²) in [6, 6.07) is 12.1. The number of hydrogen-bond acceptors (Lipinski definition) is 2. The number of rotatable bonds is 2. The number of imidazole rings is 1. The number of carbonyl (C=O) groups is 1. The molecule has 4 nitrogen and oxygen atoms in total. The molecule has 0 saturated heterocycles. The minimum atomic E-state index is -0.00118. The lowest BCUT2D eigenvalue weighted by Gasteiger charge is -2.10. The van der Waals surface area contributed by atoms with Crippen LogP contribution in [0.3, 0.4) is 0 Å². The van der Waals surface area contributed by atoms with Crippen molar-refractivity contribution in [2.45, 2.75) is 12.8 Å². The summed E-state index contributed by atoms with van der Waals surface area (Å²) < 4.78 is 3.03. The van der Waals surface area contributed by atoms with Crippen molar-refractivity contribution in [3.63, 3.8) is 0 Å². The average molecular weight is 370 g/mol. The van der Waals surface area contributed by atoms with Crippen molar-refractivity contribution in [2.75, 3.05) is 5.32 Å². The van der Waals surface area contributed by atoms with Gasteiger partial charge >= 0.3 is 0 Å². The summed E-state index contributed by atoms with van der Waals surface area (Å²) in [4.78, 5) is 16.9. The van der Waals surface area contributed by atoms with Crippen molar-refractivity contribution >= 4 is 38.6 Å². The van der Waals surface area contributed by atoms with Gasteiger partial charge in [0.05, 0.1) is 17.4 Å². The Balaban J connectivity index is 1.51. The number of fused-ring (bicyclic) bond motifs is 2. The Bertz CT molecular complexity index is 916. The van der Waals surface area contributed by atoms with Crippen LogP contribution in [0.15, 0.2) is 47.2 Å². The van der Waals surface area contributed by atoms with Crippen molar-refractivity contribution in [3.05, 3.63) is 58.3 Å². The number of carbonyl (C=O) groups excluding carboxylic acids is 1. The fourth-order valence-electron chi connectivity index (χ4n) is 3.23. The second-order valence-electron chi connectivity index (χ2n) is 6.07. The largest absolute Gasteiger partial charge is 0.334 e. The van der Waals surface area contributed by atoms with Gasteiger partial charge in [0.15, 0.2) is 0 Å². The predicted molar refractivity (Wildman–Crippen MR) is 94.4 cm³/mol. The lowest BCUT2D eigenvalue weighted by Crippen LogP contribution is -2.23. The Labute approximate surface area is 142 Å². The molecule has 4 rings (SSSR count). The highest BCUT2D eigenvalue weighted by atomic mass is 79.9. The van der Waals surface area contributed by atoms with E-state index in [0.717, 1.165) is 34.0 Å². The summed E-state index contributed by atoms with van der Waals surface area (Å²) in [5, 5.41) is 3.03. The van der Waals surface area contributed by atoms with Crippen molar-refractivity contribution in [1.82, 2.24) is 9.55 Å². The Morgan fingerprint density at radius 2 is 2.04 bits per heavy atom. The van der Waals surface area contributed by atoms with Crippen LogP contribution in [0, 0.1) is 5.92 Å². The van der Waals surface area contributed by atoms with Gasteiger partial charge in [-0.15, -0.1) is 0 Å². The summed E-state index contributed by atoms with van der Waals surface area (Å²) >= 11 is 3.49. The normalized spacial score (nSPS) is 16.5. The lowest BCUT2D eigenvalue weighted by molar-refractivity contribution is -0.119. The molecule has 1 atom stereocenters. The van der Waals surface area contributed by atoms with Crippen LogP contribution in [0.1, 0.15) is 11.1 Å². The van der Waals surface area contributed by atoms with Gasteiger partial charge in [0.1, 0.15) is 0 Å². The molecule has 0 radical (unpaired) electrons. The van der Waals surface area contributed by atoms with Crippen molar-refractivity contribution in [2.24, 2.45) is 13.0 Å². The summed E-state index contributed by atoms with van der Waals surface area (Å²) in [7, 11) is 1.96. The quantitative estimate of drug-likeness (QED) is 0.748. The van der Waals surface area contributed by atoms with Gasteiger partial charge in [-0.2, -0.15) is 0 Å². The van der Waals surface area contributed by atoms with Crippen molar-refractivity contribution < 1.29 is 4.79 Å². The summed E-state index contributed by atoms with van der Waals surface area (Å²) in [6.07, 6.45) is 3.38. The van der Waals surface area contributed by atoms with Crippen LogP contribution in [-0.4, -0.2) is 15.5 Å². The Morgan fingerprint density at radius 1 is 1.22 bits per heavy atom. The zero-order valence-corrected chi connectivity index (χ0v) is 14.3. The first kappa shape index (κ1) is 14.5. The van der Waals surface area contributed by atoms with Gasteiger partial charge in [0.2, 0.25) is 5.91 Å². The third-order valence-electron chi connectivity index (χ3n) is 4.46. The second-order valence-corrected chi connectivity index (χ2v) is 6.98. The molecule has 0 fully saturated rings. The third kappa shape index (κ3) is 2.65. The Hall–Kier alpha value is -2.14. The van der Waals surface area contributed by atoms with Crippen molar-refractivity contribution in [1.29, 1.82) is 0 Å². The topological polar surface area (TPSA) is 46.9 Å². The molecule has 1 amide bonds. The zero-order valence-electron chi connectivity index (χ0n) is 12.7. The molecular formula is C18H16BrN3O. The first-order valence-electron chi connectivity index (χ1n) is 7.59. The number of anilines is 1. The van der Waals surface area contributed by atoms with Crippen LogP contribution >= 0.6 is 15.9 Å². The van der Waals surface area contributed by atoms with E-state index in [1.807, 2.05) is 35.9 Å². The molecule has 1 aromatic heterocycles. The van der Waals surface area contributed by atoms with E-state index in [1.54, 1.807) is 6.33 Å². The van der Waals surface area contributed by atoms with Gasteiger partial charge in [0.25, 0.3) is 0 Å². The Kier molecular flexibility index (Phi) is 3.45. The minimum absolute atomic E-state index is 0.00118. The van der Waals surface area contributed by atoms with E-state index < -0.39 is 0 Å². The maximum Gasteiger partial charge on any atom is 0.228 e. The van der Waals surface area contributed by atoms with Crippen LogP contribution in [0.5, 0.6) is 0 Å². The number of aryl methyl sites for hydroxylation is 1. The van der Waals surface area contributed by atoms with Gasteiger partial charge in [-0.3, -0.25) is 4.79 Å². The first-order chi connectivity index (χ1) is 11.1. The molecule has 116 valence electrons. The maximum atomic E-state index is 12.6. The number of halogens is 1. The number of nitrogens with zero attached hydrogens (tertiary/aromatic N) is 2. The predicted octanol–water partition coefficient (Wildman–Crippen LogP) is 3.69. The third-order valence-corrected chi connectivity index (χ3v) is 4.96. The molecule has 1 N–H and O–H groups in total. The van der Waals surface area contributed by atoms with Gasteiger partial charge < -0.3 is 9.88 Å². The van der Waals surface area contributed by atoms with E-state index in [0.29, 0.717) is 0 Å². The highest BCUT2D eigenvalue weighted by Crippen LogP contribution is 2.30. The molecule has 3 aromatic rings. The summed E-state index contributed by atoms with van der Waals surface area (Å²) in [5.41, 5.74) is 5.29. The maximum absolute atomic E-state index is 12.6. The fourth-order valence-corrected chi connectivity index (χ4v) is 3.64. The molecule has 1 aliphatic rings. The smallest absolute Gasteiger partial charge is 0.228 e. The molecule has 5 heteroatoms. The molecule has 2 aromatic carbocycles. The van der Waals surface area contributed by atoms with E-state index >= 15 is 0 Å². The number of benzene rings is 2. The van der Waals surface area contributed by atoms with Crippen LogP contribution in [0.4, 0.5) is 5.69 Å². The minimum Gasteiger partial charge on any atom is -0.334 e. The van der Waals surface area contributed by atoms with Crippen LogP contribution in [0.25, 0.3) is 11.0 Å². The fraction of sp³-hybridized carbons (Fsp3) is 0.222. The number of nitrogens with one attached hydrogen (secondary N) is 1. The number of amides is 1. The van der Waals surface area contributed by atoms with Crippen LogP contribution < -0.4 is 5.32 Å². The van der Waals surface area contributed by atoms with Gasteiger partial charge in [-0.25, -0.2) is 4.98 Å². The summed E-state index contributed by atoms with van der Waals surface area (Å²) in [6.45, 7) is 0. The molecule has 1 heterocycles. The summed E-state index contributed by atoms with van der Waals surface area (Å²) in [5.74, 6) is 0.0753. The standard InChI is InChI=1S/C18H16BrN3O/c1-22-10-20-16-9-15(4-5-17(16)22)21-18(23)13-6-11-2-3-14(19)8-12(11)7-13/h2-5,8-10,13H,6-7H2,1H3,(H,21,23). The molecule has 0 aliphatic heterocycles. The molecule has 0 bridgehead atoms. The average Bonchev–Trinajstić information content (AvgIpc) is 3.11. The molecule has 1 aliphatic carbocycles. The molecule has 0 spiro atoms. The first-order valence-corrected chi connectivity index (χ1v) is 8.39. The Morgan fingerprint density at radius 3 is 2.91 bits per heavy atom. The zero-order chi connectivity index (χ0) is 16.0. The molecule has 0 saturated carbocycles. The number of hydrogen-bond donors (Lipinski definition) is 1.